The molecule has 0 bridgehead atoms. The minimum atomic E-state index is -0.881. The maximum Gasteiger partial charge on any atom is 0.178 e. The number of hydrogen-bond donors (Lipinski definition) is 0. The SMILES string of the molecule is COc1cc2c(cc1OC)C(C)(C)c1c3c(c4cc(OC)c(OC)cc4c1-2)OC(c1ccccc1)(c1ccc(N2CCOCC2)cc1)C=C3. The maximum atomic E-state index is 7.50. The zero-order valence-electron chi connectivity index (χ0n) is 28.9. The van der Waals surface area contributed by atoms with Gasteiger partial charge in [0.05, 0.1) is 41.7 Å². The second-order valence-corrected chi connectivity index (χ2v) is 13.3. The van der Waals surface area contributed by atoms with Gasteiger partial charge in [-0.05, 0) is 70.1 Å². The van der Waals surface area contributed by atoms with E-state index in [1.807, 2.05) is 6.07 Å². The van der Waals surface area contributed by atoms with E-state index in [2.05, 4.69) is 104 Å². The van der Waals surface area contributed by atoms with Gasteiger partial charge in [0.2, 0.25) is 0 Å². The highest BCUT2D eigenvalue weighted by molar-refractivity contribution is 6.10. The molecule has 0 aromatic heterocycles. The second kappa shape index (κ2) is 11.8. The lowest BCUT2D eigenvalue weighted by Crippen LogP contribution is -2.37. The van der Waals surface area contributed by atoms with Crippen LogP contribution in [0.15, 0.2) is 84.9 Å². The van der Waals surface area contributed by atoms with E-state index in [9.17, 15) is 0 Å². The average molecular weight is 656 g/mol. The van der Waals surface area contributed by atoms with Crippen LogP contribution in [0, 0.1) is 0 Å². The molecule has 250 valence electrons. The fraction of sp³-hybridized carbons (Fsp3) is 0.286. The fourth-order valence-electron chi connectivity index (χ4n) is 8.04. The normalized spacial score (nSPS) is 18.7. The standard InChI is InChI=1S/C42H41NO6/c1-41(2)33-25-37(47-6)36(46-5)24-32(33)38-30-22-34(44-3)35(45-4)23-31(30)40-29(39(38)41)16-17-42(49-40,26-10-8-7-9-11-26)27-12-14-28(15-13-27)43-18-20-48-21-19-43/h7-17,22-25H,18-21H2,1-6H3. The van der Waals surface area contributed by atoms with E-state index < -0.39 is 5.60 Å². The van der Waals surface area contributed by atoms with E-state index >= 15 is 0 Å². The van der Waals surface area contributed by atoms with E-state index in [0.717, 1.165) is 76.2 Å². The van der Waals surface area contributed by atoms with Crippen LogP contribution in [-0.2, 0) is 15.8 Å². The number of rotatable bonds is 7. The highest BCUT2D eigenvalue weighted by Gasteiger charge is 2.45. The number of benzene rings is 5. The number of anilines is 1. The zero-order chi connectivity index (χ0) is 33.9. The molecule has 0 radical (unpaired) electrons. The van der Waals surface area contributed by atoms with Crippen molar-refractivity contribution in [2.45, 2.75) is 24.9 Å². The van der Waals surface area contributed by atoms with Gasteiger partial charge in [0.1, 0.15) is 5.75 Å². The van der Waals surface area contributed by atoms with Gasteiger partial charge in [-0.25, -0.2) is 0 Å². The Morgan fingerprint density at radius 3 is 1.92 bits per heavy atom. The maximum absolute atomic E-state index is 7.50. The molecule has 1 fully saturated rings. The molecule has 8 rings (SSSR count). The van der Waals surface area contributed by atoms with E-state index in [1.54, 1.807) is 28.4 Å². The molecule has 2 heterocycles. The third-order valence-corrected chi connectivity index (χ3v) is 10.5. The average Bonchev–Trinajstić information content (AvgIpc) is 3.39. The molecule has 49 heavy (non-hydrogen) atoms. The highest BCUT2D eigenvalue weighted by atomic mass is 16.5. The van der Waals surface area contributed by atoms with Crippen LogP contribution >= 0.6 is 0 Å². The molecule has 1 saturated heterocycles. The lowest BCUT2D eigenvalue weighted by molar-refractivity contribution is 0.122. The Bertz CT molecular complexity index is 2100. The Morgan fingerprint density at radius 2 is 1.27 bits per heavy atom. The van der Waals surface area contributed by atoms with Gasteiger partial charge in [0, 0.05) is 46.3 Å². The summed E-state index contributed by atoms with van der Waals surface area (Å²) in [6, 6.07) is 27.6. The van der Waals surface area contributed by atoms with E-state index in [4.69, 9.17) is 28.4 Å². The van der Waals surface area contributed by atoms with Crippen molar-refractivity contribution >= 4 is 22.5 Å². The van der Waals surface area contributed by atoms with Crippen molar-refractivity contribution in [3.63, 3.8) is 0 Å². The number of nitrogens with zero attached hydrogens (tertiary/aromatic N) is 1. The van der Waals surface area contributed by atoms with Crippen LogP contribution in [0.4, 0.5) is 5.69 Å². The van der Waals surface area contributed by atoms with E-state index in [0.29, 0.717) is 23.0 Å². The molecule has 0 spiro atoms. The summed E-state index contributed by atoms with van der Waals surface area (Å²) < 4.78 is 36.4. The third kappa shape index (κ3) is 4.66. The summed E-state index contributed by atoms with van der Waals surface area (Å²) in [6.45, 7) is 7.78. The molecule has 1 atom stereocenters. The smallest absolute Gasteiger partial charge is 0.178 e. The molecule has 5 aromatic carbocycles. The summed E-state index contributed by atoms with van der Waals surface area (Å²) >= 11 is 0. The monoisotopic (exact) mass is 655 g/mol. The number of methoxy groups -OCH3 is 4. The van der Waals surface area contributed by atoms with Crippen molar-refractivity contribution in [3.8, 4) is 39.9 Å². The number of ether oxygens (including phenoxy) is 6. The van der Waals surface area contributed by atoms with Crippen molar-refractivity contribution < 1.29 is 28.4 Å². The van der Waals surface area contributed by atoms with Crippen LogP contribution in [0.2, 0.25) is 0 Å². The quantitative estimate of drug-likeness (QED) is 0.175. The fourth-order valence-corrected chi connectivity index (χ4v) is 8.04. The number of morpholine rings is 1. The van der Waals surface area contributed by atoms with Crippen molar-refractivity contribution in [3.05, 3.63) is 113 Å². The van der Waals surface area contributed by atoms with Gasteiger partial charge in [-0.2, -0.15) is 0 Å². The number of hydrogen-bond acceptors (Lipinski definition) is 7. The summed E-state index contributed by atoms with van der Waals surface area (Å²) in [5.41, 5.74) is 7.64. The Hall–Kier alpha value is -5.14. The molecule has 5 aromatic rings. The van der Waals surface area contributed by atoms with Crippen molar-refractivity contribution in [1.29, 1.82) is 0 Å². The predicted molar refractivity (Wildman–Crippen MR) is 194 cm³/mol. The minimum absolute atomic E-state index is 0.379. The molecule has 7 heteroatoms. The molecule has 1 unspecified atom stereocenters. The van der Waals surface area contributed by atoms with Gasteiger partial charge in [-0.15, -0.1) is 0 Å². The zero-order valence-corrected chi connectivity index (χ0v) is 28.9. The van der Waals surface area contributed by atoms with Gasteiger partial charge in [0.15, 0.2) is 28.6 Å². The molecule has 0 amide bonds. The minimum Gasteiger partial charge on any atom is -0.493 e. The Labute approximate surface area is 287 Å². The van der Waals surface area contributed by atoms with Crippen molar-refractivity contribution in [2.75, 3.05) is 59.6 Å². The lowest BCUT2D eigenvalue weighted by Gasteiger charge is -2.39. The van der Waals surface area contributed by atoms with Gasteiger partial charge < -0.3 is 33.3 Å². The van der Waals surface area contributed by atoms with Crippen molar-refractivity contribution in [1.82, 2.24) is 0 Å². The third-order valence-electron chi connectivity index (χ3n) is 10.5. The largest absolute Gasteiger partial charge is 0.493 e. The summed E-state index contributed by atoms with van der Waals surface area (Å²) in [4.78, 5) is 2.37. The molecule has 7 nitrogen and oxygen atoms in total. The first kappa shape index (κ1) is 31.1. The highest BCUT2D eigenvalue weighted by Crippen LogP contribution is 2.60. The summed E-state index contributed by atoms with van der Waals surface area (Å²) in [5, 5.41) is 1.96. The Morgan fingerprint density at radius 1 is 0.673 bits per heavy atom. The first-order valence-corrected chi connectivity index (χ1v) is 16.7. The van der Waals surface area contributed by atoms with Crippen LogP contribution in [0.25, 0.3) is 28.0 Å². The van der Waals surface area contributed by atoms with E-state index in [-0.39, 0.29) is 5.41 Å². The van der Waals surface area contributed by atoms with Gasteiger partial charge in [0.25, 0.3) is 0 Å². The van der Waals surface area contributed by atoms with Gasteiger partial charge in [-0.1, -0.05) is 62.4 Å². The molecule has 1 aliphatic carbocycles. The first-order valence-electron chi connectivity index (χ1n) is 16.7. The van der Waals surface area contributed by atoms with Gasteiger partial charge in [-0.3, -0.25) is 0 Å². The topological polar surface area (TPSA) is 58.6 Å². The molecule has 3 aliphatic rings. The molecule has 0 saturated carbocycles. The molecular formula is C42H41NO6. The van der Waals surface area contributed by atoms with Crippen LogP contribution in [-0.4, -0.2) is 54.7 Å². The van der Waals surface area contributed by atoms with Crippen LogP contribution in [0.3, 0.4) is 0 Å². The summed E-state index contributed by atoms with van der Waals surface area (Å²) in [7, 11) is 6.71. The Balaban J connectivity index is 1.40. The summed E-state index contributed by atoms with van der Waals surface area (Å²) in [6.07, 6.45) is 4.49. The second-order valence-electron chi connectivity index (χ2n) is 13.3. The van der Waals surface area contributed by atoms with Crippen LogP contribution in [0.1, 0.15) is 41.7 Å². The Kier molecular flexibility index (Phi) is 7.49. The molecular weight excluding hydrogens is 614 g/mol. The number of fused-ring (bicyclic) bond motifs is 8. The molecule has 2 aliphatic heterocycles. The predicted octanol–water partition coefficient (Wildman–Crippen LogP) is 8.37. The van der Waals surface area contributed by atoms with E-state index in [1.165, 1.54) is 11.3 Å². The first-order chi connectivity index (χ1) is 23.8. The van der Waals surface area contributed by atoms with Crippen LogP contribution in [0.5, 0.6) is 28.7 Å². The van der Waals surface area contributed by atoms with Crippen LogP contribution < -0.4 is 28.6 Å². The molecule has 0 N–H and O–H groups in total. The van der Waals surface area contributed by atoms with Gasteiger partial charge >= 0.3 is 0 Å². The summed E-state index contributed by atoms with van der Waals surface area (Å²) in [5.74, 6) is 3.49. The lowest BCUT2D eigenvalue weighted by atomic mass is 9.76. The van der Waals surface area contributed by atoms with Crippen molar-refractivity contribution in [2.24, 2.45) is 0 Å².